The van der Waals surface area contributed by atoms with Crippen molar-refractivity contribution in [2.75, 3.05) is 6.61 Å². The molecule has 0 saturated heterocycles. The van der Waals surface area contributed by atoms with Gasteiger partial charge in [-0.3, -0.25) is 0 Å². The van der Waals surface area contributed by atoms with Gasteiger partial charge in [-0.25, -0.2) is 13.8 Å². The first-order valence-electron chi connectivity index (χ1n) is 6.01. The van der Waals surface area contributed by atoms with E-state index >= 15 is 0 Å². The number of hydrogen-bond donors (Lipinski definition) is 1. The summed E-state index contributed by atoms with van der Waals surface area (Å²) in [5, 5.41) is 18.4. The summed E-state index contributed by atoms with van der Waals surface area (Å²) in [5.74, 6) is -2.52. The summed E-state index contributed by atoms with van der Waals surface area (Å²) < 4.78 is 32.3. The van der Waals surface area contributed by atoms with Gasteiger partial charge in [-0.2, -0.15) is 5.26 Å². The van der Waals surface area contributed by atoms with Crippen molar-refractivity contribution >= 4 is 0 Å². The first-order chi connectivity index (χ1) is 9.67. The molecule has 0 fully saturated rings. The molecule has 2 atom stereocenters. The van der Waals surface area contributed by atoms with Gasteiger partial charge in [0.05, 0.1) is 12.3 Å². The van der Waals surface area contributed by atoms with E-state index < -0.39 is 23.5 Å². The molecule has 20 heavy (non-hydrogen) atoms. The maximum absolute atomic E-state index is 13.9. The summed E-state index contributed by atoms with van der Waals surface area (Å²) in [6.45, 7) is -0.257. The molecule has 4 nitrogen and oxygen atoms in total. The van der Waals surface area contributed by atoms with Gasteiger partial charge in [0, 0.05) is 12.5 Å². The standard InChI is InChI=1S/C14H12F2N2O2/c15-9-1-2-13(16)11(5-9)10(3-4-19)12(6-17)14-7-18-8-20-14/h1-2,5,7-8,10,12,19H,3-4H2/t10-,12+/m0/s1. The van der Waals surface area contributed by atoms with Gasteiger partial charge in [0.15, 0.2) is 6.39 Å². The minimum absolute atomic E-state index is 0.0435. The number of hydrogen-bond acceptors (Lipinski definition) is 4. The van der Waals surface area contributed by atoms with Gasteiger partial charge in [-0.15, -0.1) is 0 Å². The Labute approximate surface area is 114 Å². The van der Waals surface area contributed by atoms with Crippen LogP contribution >= 0.6 is 0 Å². The first kappa shape index (κ1) is 14.2. The second-order valence-electron chi connectivity index (χ2n) is 4.30. The Morgan fingerprint density at radius 2 is 2.20 bits per heavy atom. The van der Waals surface area contributed by atoms with E-state index in [0.29, 0.717) is 0 Å². The van der Waals surface area contributed by atoms with Gasteiger partial charge in [0.25, 0.3) is 0 Å². The Hall–Kier alpha value is -2.26. The van der Waals surface area contributed by atoms with Crippen molar-refractivity contribution in [3.63, 3.8) is 0 Å². The van der Waals surface area contributed by atoms with E-state index in [2.05, 4.69) is 4.98 Å². The molecule has 6 heteroatoms. The van der Waals surface area contributed by atoms with Gasteiger partial charge in [-0.05, 0) is 30.2 Å². The molecule has 0 saturated carbocycles. The summed E-state index contributed by atoms with van der Waals surface area (Å²) in [4.78, 5) is 3.72. The predicted molar refractivity (Wildman–Crippen MR) is 65.7 cm³/mol. The van der Waals surface area contributed by atoms with E-state index in [9.17, 15) is 14.0 Å². The van der Waals surface area contributed by atoms with Crippen LogP contribution < -0.4 is 0 Å². The van der Waals surface area contributed by atoms with Crippen LogP contribution in [0.15, 0.2) is 35.2 Å². The summed E-state index contributed by atoms with van der Waals surface area (Å²) in [6.07, 6.45) is 2.63. The fourth-order valence-corrected chi connectivity index (χ4v) is 2.17. The summed E-state index contributed by atoms with van der Waals surface area (Å²) >= 11 is 0. The minimum Gasteiger partial charge on any atom is -0.447 e. The number of halogens is 2. The van der Waals surface area contributed by atoms with Crippen LogP contribution in [0.25, 0.3) is 0 Å². The molecule has 1 heterocycles. The molecule has 0 radical (unpaired) electrons. The molecule has 104 valence electrons. The normalized spacial score (nSPS) is 13.7. The van der Waals surface area contributed by atoms with Gasteiger partial charge >= 0.3 is 0 Å². The van der Waals surface area contributed by atoms with E-state index in [1.807, 2.05) is 6.07 Å². The average Bonchev–Trinajstić information content (AvgIpc) is 2.95. The lowest BCUT2D eigenvalue weighted by atomic mass is 9.83. The number of nitriles is 1. The summed E-state index contributed by atoms with van der Waals surface area (Å²) in [7, 11) is 0. The maximum atomic E-state index is 13.9. The second-order valence-corrected chi connectivity index (χ2v) is 4.30. The van der Waals surface area contributed by atoms with Crippen LogP contribution in [0.4, 0.5) is 8.78 Å². The quantitative estimate of drug-likeness (QED) is 0.912. The average molecular weight is 278 g/mol. The van der Waals surface area contributed by atoms with E-state index in [-0.39, 0.29) is 24.4 Å². The van der Waals surface area contributed by atoms with Crippen LogP contribution in [0.3, 0.4) is 0 Å². The molecular formula is C14H12F2N2O2. The molecular weight excluding hydrogens is 266 g/mol. The van der Waals surface area contributed by atoms with E-state index in [1.54, 1.807) is 0 Å². The third-order valence-electron chi connectivity index (χ3n) is 3.10. The highest BCUT2D eigenvalue weighted by molar-refractivity contribution is 5.29. The van der Waals surface area contributed by atoms with Crippen molar-refractivity contribution in [1.29, 1.82) is 5.26 Å². The van der Waals surface area contributed by atoms with Crippen LogP contribution in [-0.2, 0) is 0 Å². The molecule has 2 aromatic rings. The molecule has 0 aliphatic rings. The number of aliphatic hydroxyl groups excluding tert-OH is 1. The fourth-order valence-electron chi connectivity index (χ4n) is 2.17. The van der Waals surface area contributed by atoms with E-state index in [4.69, 9.17) is 9.52 Å². The molecule has 0 spiro atoms. The number of rotatable bonds is 5. The Morgan fingerprint density at radius 3 is 2.80 bits per heavy atom. The third-order valence-corrected chi connectivity index (χ3v) is 3.10. The maximum Gasteiger partial charge on any atom is 0.180 e. The number of aromatic nitrogens is 1. The van der Waals surface area contributed by atoms with Crippen molar-refractivity contribution in [2.45, 2.75) is 18.3 Å². The van der Waals surface area contributed by atoms with Gasteiger partial charge in [0.2, 0.25) is 0 Å². The van der Waals surface area contributed by atoms with Crippen molar-refractivity contribution in [1.82, 2.24) is 4.98 Å². The second kappa shape index (κ2) is 6.26. The van der Waals surface area contributed by atoms with Crippen molar-refractivity contribution in [2.24, 2.45) is 0 Å². The molecule has 2 rings (SSSR count). The van der Waals surface area contributed by atoms with Gasteiger partial charge in [0.1, 0.15) is 23.3 Å². The number of oxazole rings is 1. The molecule has 0 aliphatic heterocycles. The van der Waals surface area contributed by atoms with E-state index in [0.717, 1.165) is 24.6 Å². The Morgan fingerprint density at radius 1 is 1.40 bits per heavy atom. The highest BCUT2D eigenvalue weighted by Crippen LogP contribution is 2.36. The van der Waals surface area contributed by atoms with Gasteiger partial charge in [-0.1, -0.05) is 0 Å². The summed E-state index contributed by atoms with van der Waals surface area (Å²) in [6, 6.07) is 5.05. The highest BCUT2D eigenvalue weighted by atomic mass is 19.1. The Kier molecular flexibility index (Phi) is 4.43. The third kappa shape index (κ3) is 2.83. The topological polar surface area (TPSA) is 70.0 Å². The lowest BCUT2D eigenvalue weighted by molar-refractivity contribution is 0.267. The van der Waals surface area contributed by atoms with Crippen LogP contribution in [-0.4, -0.2) is 16.7 Å². The largest absolute Gasteiger partial charge is 0.447 e. The zero-order valence-electron chi connectivity index (χ0n) is 10.5. The molecule has 1 aromatic carbocycles. The monoisotopic (exact) mass is 278 g/mol. The molecule has 1 aromatic heterocycles. The Balaban J connectivity index is 2.45. The van der Waals surface area contributed by atoms with E-state index in [1.165, 1.54) is 6.20 Å². The minimum atomic E-state index is -0.846. The van der Waals surface area contributed by atoms with Crippen molar-refractivity contribution < 1.29 is 18.3 Å². The SMILES string of the molecule is N#C[C@@H](c1cnco1)[C@@H](CCO)c1cc(F)ccc1F. The molecule has 0 bridgehead atoms. The number of nitrogens with zero attached hydrogens (tertiary/aromatic N) is 2. The number of aliphatic hydroxyl groups is 1. The zero-order valence-corrected chi connectivity index (χ0v) is 10.5. The van der Waals surface area contributed by atoms with Crippen LogP contribution in [0, 0.1) is 23.0 Å². The molecule has 1 N–H and O–H groups in total. The van der Waals surface area contributed by atoms with Crippen LogP contribution in [0.1, 0.15) is 29.6 Å². The van der Waals surface area contributed by atoms with Crippen LogP contribution in [0.2, 0.25) is 0 Å². The lowest BCUT2D eigenvalue weighted by Gasteiger charge is -2.20. The van der Waals surface area contributed by atoms with Gasteiger partial charge < -0.3 is 9.52 Å². The number of benzene rings is 1. The lowest BCUT2D eigenvalue weighted by Crippen LogP contribution is -2.13. The summed E-state index contributed by atoms with van der Waals surface area (Å²) in [5.41, 5.74) is 0.0435. The molecule has 0 unspecified atom stereocenters. The zero-order chi connectivity index (χ0) is 14.5. The first-order valence-corrected chi connectivity index (χ1v) is 6.01. The van der Waals surface area contributed by atoms with Crippen molar-refractivity contribution in [3.05, 3.63) is 53.7 Å². The highest BCUT2D eigenvalue weighted by Gasteiger charge is 2.29. The smallest absolute Gasteiger partial charge is 0.180 e. The molecule has 0 aliphatic carbocycles. The fraction of sp³-hybridized carbons (Fsp3) is 0.286. The Bertz CT molecular complexity index is 608. The predicted octanol–water partition coefficient (Wildman–Crippen LogP) is 2.73. The van der Waals surface area contributed by atoms with Crippen molar-refractivity contribution in [3.8, 4) is 6.07 Å². The molecule has 0 amide bonds. The van der Waals surface area contributed by atoms with Crippen LogP contribution in [0.5, 0.6) is 0 Å².